The molecule has 0 atom stereocenters. The third-order valence-electron chi connectivity index (χ3n) is 4.00. The van der Waals surface area contributed by atoms with Crippen LogP contribution >= 0.6 is 8.25 Å². The fourth-order valence-corrected chi connectivity index (χ4v) is 2.34. The molecule has 2 N–H and O–H groups in total. The smallest absolute Gasteiger partial charge is 0.316 e. The summed E-state index contributed by atoms with van der Waals surface area (Å²) < 4.78 is 25.4. The van der Waals surface area contributed by atoms with E-state index in [1.165, 1.54) is 0 Å². The van der Waals surface area contributed by atoms with Gasteiger partial charge in [0, 0.05) is 13.2 Å². The molecule has 0 aliphatic carbocycles. The minimum absolute atomic E-state index is 0.275. The highest BCUT2D eigenvalue weighted by atomic mass is 31.1. The van der Waals surface area contributed by atoms with Gasteiger partial charge in [0.05, 0.1) is 18.1 Å². The minimum atomic E-state index is -3.13. The summed E-state index contributed by atoms with van der Waals surface area (Å²) in [6.07, 6.45) is 1.64. The van der Waals surface area contributed by atoms with Gasteiger partial charge in [0.15, 0.2) is 0 Å². The van der Waals surface area contributed by atoms with Gasteiger partial charge in [-0.3, -0.25) is 9.36 Å². The van der Waals surface area contributed by atoms with Gasteiger partial charge in [-0.2, -0.15) is 0 Å². The number of carbonyl (C=O) groups is 1. The van der Waals surface area contributed by atoms with Crippen molar-refractivity contribution in [3.63, 3.8) is 0 Å². The Balaban J connectivity index is 0.00000141. The van der Waals surface area contributed by atoms with Gasteiger partial charge in [-0.25, -0.2) is 0 Å². The molecule has 0 aliphatic rings. The number of benzene rings is 1. The first-order valence-electron chi connectivity index (χ1n) is 8.34. The van der Waals surface area contributed by atoms with Crippen LogP contribution < -0.4 is 9.47 Å². The van der Waals surface area contributed by atoms with Crippen LogP contribution in [-0.2, 0) is 19.7 Å². The molecule has 1 aromatic carbocycles. The summed E-state index contributed by atoms with van der Waals surface area (Å²) in [5, 5.41) is 0. The number of methoxy groups -OCH3 is 2. The molecule has 0 heterocycles. The quantitative estimate of drug-likeness (QED) is 0.434. The molecule has 8 heteroatoms. The average Bonchev–Trinajstić information content (AvgIpc) is 2.55. The third kappa shape index (κ3) is 7.46. The van der Waals surface area contributed by atoms with Crippen molar-refractivity contribution in [1.29, 1.82) is 0 Å². The van der Waals surface area contributed by atoms with Crippen LogP contribution in [0, 0.1) is 5.41 Å². The Kier molecular flexibility index (Phi) is 10.1. The van der Waals surface area contributed by atoms with Crippen molar-refractivity contribution in [1.82, 2.24) is 0 Å². The lowest BCUT2D eigenvalue weighted by molar-refractivity contribution is -0.143. The predicted octanol–water partition coefficient (Wildman–Crippen LogP) is 3.67. The standard InChI is InChI=1S/C18H28O4.H3O3P/c1-8-18(9-2,21-7)13-10-14(20-6)12-15(11-13)22-16(19)17(3,4)5;1-4(2)3/h10-12H,8-9H2,1-7H3;4H,(H2,1,2,3). The van der Waals surface area contributed by atoms with Crippen molar-refractivity contribution in [3.8, 4) is 11.5 Å². The van der Waals surface area contributed by atoms with Crippen LogP contribution in [0.1, 0.15) is 53.0 Å². The molecule has 0 unspecified atom stereocenters. The Hall–Kier alpha value is -1.40. The molecule has 0 aromatic heterocycles. The number of carbonyl (C=O) groups excluding carboxylic acids is 1. The van der Waals surface area contributed by atoms with Crippen molar-refractivity contribution in [2.24, 2.45) is 5.41 Å². The molecular formula is C18H31O7P. The molecule has 0 fully saturated rings. The van der Waals surface area contributed by atoms with Crippen LogP contribution in [0.4, 0.5) is 0 Å². The monoisotopic (exact) mass is 390 g/mol. The first-order chi connectivity index (χ1) is 12.0. The Morgan fingerprint density at radius 3 is 1.85 bits per heavy atom. The van der Waals surface area contributed by atoms with Crippen molar-refractivity contribution in [2.75, 3.05) is 14.2 Å². The highest BCUT2D eigenvalue weighted by molar-refractivity contribution is 7.30. The molecule has 0 aliphatic heterocycles. The maximum atomic E-state index is 12.1. The summed E-state index contributed by atoms with van der Waals surface area (Å²) in [5.41, 5.74) is -0.00908. The normalized spacial score (nSPS) is 11.6. The second-order valence-corrected chi connectivity index (χ2v) is 7.29. The zero-order valence-corrected chi connectivity index (χ0v) is 17.6. The number of esters is 1. The van der Waals surface area contributed by atoms with E-state index in [2.05, 4.69) is 13.8 Å². The molecule has 0 spiro atoms. The Morgan fingerprint density at radius 1 is 1.04 bits per heavy atom. The molecule has 7 nitrogen and oxygen atoms in total. The van der Waals surface area contributed by atoms with Crippen LogP contribution in [0.2, 0.25) is 0 Å². The Labute approximate surface area is 156 Å². The van der Waals surface area contributed by atoms with E-state index in [0.29, 0.717) is 11.5 Å². The second-order valence-electron chi connectivity index (χ2n) is 6.72. The molecule has 0 amide bonds. The third-order valence-corrected chi connectivity index (χ3v) is 4.00. The Morgan fingerprint density at radius 2 is 1.50 bits per heavy atom. The van der Waals surface area contributed by atoms with E-state index < -0.39 is 19.3 Å². The Bertz CT molecular complexity index is 592. The fourth-order valence-electron chi connectivity index (χ4n) is 2.34. The van der Waals surface area contributed by atoms with Crippen LogP contribution in [-0.4, -0.2) is 30.0 Å². The van der Waals surface area contributed by atoms with Crippen molar-refractivity contribution < 1.29 is 33.4 Å². The maximum Gasteiger partial charge on any atom is 0.316 e. The highest BCUT2D eigenvalue weighted by Gasteiger charge is 2.30. The lowest BCUT2D eigenvalue weighted by Gasteiger charge is -2.31. The first-order valence-corrected chi connectivity index (χ1v) is 9.64. The molecule has 0 radical (unpaired) electrons. The SMILES string of the molecule is CCC(CC)(OC)c1cc(OC)cc(OC(=O)C(C)(C)C)c1.O=[PH](O)O. The van der Waals surface area contributed by atoms with E-state index in [4.69, 9.17) is 28.6 Å². The van der Waals surface area contributed by atoms with E-state index in [9.17, 15) is 4.79 Å². The van der Waals surface area contributed by atoms with Crippen LogP contribution in [0.15, 0.2) is 18.2 Å². The van der Waals surface area contributed by atoms with Crippen LogP contribution in [0.5, 0.6) is 11.5 Å². The number of rotatable bonds is 6. The summed E-state index contributed by atoms with van der Waals surface area (Å²) in [7, 11) is 0.170. The highest BCUT2D eigenvalue weighted by Crippen LogP contribution is 2.37. The maximum absolute atomic E-state index is 12.1. The van der Waals surface area contributed by atoms with E-state index in [1.54, 1.807) is 20.3 Å². The summed E-state index contributed by atoms with van der Waals surface area (Å²) >= 11 is 0. The van der Waals surface area contributed by atoms with Gasteiger partial charge >= 0.3 is 14.2 Å². The molecule has 150 valence electrons. The van der Waals surface area contributed by atoms with Gasteiger partial charge in [-0.05, 0) is 51.3 Å². The largest absolute Gasteiger partial charge is 0.497 e. The van der Waals surface area contributed by atoms with Crippen molar-refractivity contribution >= 4 is 14.2 Å². The summed E-state index contributed by atoms with van der Waals surface area (Å²) in [4.78, 5) is 26.4. The lowest BCUT2D eigenvalue weighted by atomic mass is 9.88. The topological polar surface area (TPSA) is 102 Å². The van der Waals surface area contributed by atoms with Gasteiger partial charge < -0.3 is 24.0 Å². The predicted molar refractivity (Wildman–Crippen MR) is 101 cm³/mol. The zero-order chi connectivity index (χ0) is 20.5. The molecular weight excluding hydrogens is 359 g/mol. The molecule has 0 saturated heterocycles. The summed E-state index contributed by atoms with van der Waals surface area (Å²) in [6.45, 7) is 9.64. The molecule has 1 rings (SSSR count). The zero-order valence-electron chi connectivity index (χ0n) is 16.6. The number of hydrogen-bond acceptors (Lipinski definition) is 5. The van der Waals surface area contributed by atoms with Gasteiger partial charge in [0.1, 0.15) is 11.5 Å². The fraction of sp³-hybridized carbons (Fsp3) is 0.611. The number of ether oxygens (including phenoxy) is 3. The van der Waals surface area contributed by atoms with Gasteiger partial charge in [-0.1, -0.05) is 13.8 Å². The van der Waals surface area contributed by atoms with Gasteiger partial charge in [0.25, 0.3) is 0 Å². The molecule has 0 bridgehead atoms. The van der Waals surface area contributed by atoms with E-state index in [0.717, 1.165) is 18.4 Å². The van der Waals surface area contributed by atoms with Crippen LogP contribution in [0.25, 0.3) is 0 Å². The molecule has 1 aromatic rings. The van der Waals surface area contributed by atoms with Crippen molar-refractivity contribution in [2.45, 2.75) is 53.1 Å². The lowest BCUT2D eigenvalue weighted by Crippen LogP contribution is -2.28. The average molecular weight is 390 g/mol. The van der Waals surface area contributed by atoms with E-state index >= 15 is 0 Å². The van der Waals surface area contributed by atoms with Crippen LogP contribution in [0.3, 0.4) is 0 Å². The van der Waals surface area contributed by atoms with E-state index in [-0.39, 0.29) is 5.97 Å². The van der Waals surface area contributed by atoms with E-state index in [1.807, 2.05) is 32.9 Å². The summed E-state index contributed by atoms with van der Waals surface area (Å²) in [6, 6.07) is 5.52. The molecule has 26 heavy (non-hydrogen) atoms. The van der Waals surface area contributed by atoms with Gasteiger partial charge in [-0.15, -0.1) is 0 Å². The first kappa shape index (κ1) is 24.6. The van der Waals surface area contributed by atoms with Crippen molar-refractivity contribution in [3.05, 3.63) is 23.8 Å². The summed E-state index contributed by atoms with van der Waals surface area (Å²) in [5.74, 6) is 0.859. The number of hydrogen-bond donors (Lipinski definition) is 2. The van der Waals surface area contributed by atoms with Gasteiger partial charge in [0.2, 0.25) is 0 Å². The second kappa shape index (κ2) is 10.7. The molecule has 0 saturated carbocycles. The minimum Gasteiger partial charge on any atom is -0.497 e.